The van der Waals surface area contributed by atoms with Crippen LogP contribution in [-0.2, 0) is 14.3 Å². The molecule has 4 fully saturated rings. The molecule has 3 aliphatic heterocycles. The first-order valence-electron chi connectivity index (χ1n) is 11.7. The van der Waals surface area contributed by atoms with Crippen LogP contribution in [-0.4, -0.2) is 53.6 Å². The van der Waals surface area contributed by atoms with E-state index in [0.29, 0.717) is 22.2 Å². The van der Waals surface area contributed by atoms with Crippen molar-refractivity contribution in [2.75, 3.05) is 29.5 Å². The molecule has 34 heavy (non-hydrogen) atoms. The van der Waals surface area contributed by atoms with Crippen molar-refractivity contribution in [2.45, 2.75) is 48.3 Å². The van der Waals surface area contributed by atoms with Crippen molar-refractivity contribution in [3.05, 3.63) is 35.6 Å². The molecule has 2 N–H and O–H groups in total. The second-order valence-corrected chi connectivity index (χ2v) is 11.2. The number of amides is 2. The first-order chi connectivity index (χ1) is 16.4. The summed E-state index contributed by atoms with van der Waals surface area (Å²) >= 11 is 7.99. The van der Waals surface area contributed by atoms with Gasteiger partial charge >= 0.3 is 0 Å². The van der Waals surface area contributed by atoms with Crippen LogP contribution in [0.15, 0.2) is 40.5 Å². The number of benzene rings is 1. The summed E-state index contributed by atoms with van der Waals surface area (Å²) in [6.45, 7) is 4.54. The Labute approximate surface area is 207 Å². The zero-order valence-corrected chi connectivity index (χ0v) is 20.4. The highest BCUT2D eigenvalue weighted by Crippen LogP contribution is 2.50. The van der Waals surface area contributed by atoms with E-state index < -0.39 is 0 Å². The molecule has 4 aliphatic rings. The van der Waals surface area contributed by atoms with Gasteiger partial charge < -0.3 is 15.4 Å². The molecule has 6 rings (SSSR count). The SMILES string of the molecule is C[C@@H]1OCC2(CCN(c3cnc(Sc4cccc(N5C(=O)C6CC6C5=O)c4Cl)cn3)CC2)[C@@H]1N. The van der Waals surface area contributed by atoms with Crippen LogP contribution in [0.3, 0.4) is 0 Å². The largest absolute Gasteiger partial charge is 0.376 e. The first kappa shape index (κ1) is 22.3. The molecule has 0 bridgehead atoms. The number of hydrogen-bond donors (Lipinski definition) is 1. The minimum atomic E-state index is -0.164. The topological polar surface area (TPSA) is 102 Å². The summed E-state index contributed by atoms with van der Waals surface area (Å²) in [5.74, 6) is 0.218. The van der Waals surface area contributed by atoms with Crippen molar-refractivity contribution in [1.82, 2.24) is 9.97 Å². The van der Waals surface area contributed by atoms with Crippen LogP contribution in [0.5, 0.6) is 0 Å². The van der Waals surface area contributed by atoms with E-state index in [1.54, 1.807) is 24.5 Å². The lowest BCUT2D eigenvalue weighted by Gasteiger charge is -2.41. The second kappa shape index (κ2) is 8.19. The fourth-order valence-electron chi connectivity index (χ4n) is 5.46. The predicted octanol–water partition coefficient (Wildman–Crippen LogP) is 3.12. The minimum Gasteiger partial charge on any atom is -0.376 e. The van der Waals surface area contributed by atoms with Gasteiger partial charge in [0, 0.05) is 29.4 Å². The molecule has 1 spiro atoms. The lowest BCUT2D eigenvalue weighted by atomic mass is 9.73. The molecule has 1 saturated carbocycles. The van der Waals surface area contributed by atoms with Crippen molar-refractivity contribution in [3.63, 3.8) is 0 Å². The first-order valence-corrected chi connectivity index (χ1v) is 12.9. The Morgan fingerprint density at radius 2 is 1.88 bits per heavy atom. The number of aromatic nitrogens is 2. The molecule has 178 valence electrons. The average molecular weight is 500 g/mol. The van der Waals surface area contributed by atoms with Crippen molar-refractivity contribution in [1.29, 1.82) is 0 Å². The number of carbonyl (C=O) groups is 2. The van der Waals surface area contributed by atoms with Gasteiger partial charge in [0.15, 0.2) is 0 Å². The summed E-state index contributed by atoms with van der Waals surface area (Å²) in [4.78, 5) is 38.4. The molecule has 2 amide bonds. The zero-order valence-electron chi connectivity index (χ0n) is 18.8. The molecule has 10 heteroatoms. The number of carbonyl (C=O) groups excluding carboxylic acids is 2. The molecular formula is C24H26ClN5O3S. The summed E-state index contributed by atoms with van der Waals surface area (Å²) < 4.78 is 5.82. The van der Waals surface area contributed by atoms with Gasteiger partial charge in [-0.2, -0.15) is 0 Å². The molecule has 4 atom stereocenters. The lowest BCUT2D eigenvalue weighted by molar-refractivity contribution is -0.123. The lowest BCUT2D eigenvalue weighted by Crippen LogP contribution is -2.50. The Hall–Kier alpha value is -2.20. The maximum Gasteiger partial charge on any atom is 0.237 e. The van der Waals surface area contributed by atoms with Crippen LogP contribution in [0.25, 0.3) is 0 Å². The Balaban J connectivity index is 1.14. The monoisotopic (exact) mass is 499 g/mol. The van der Waals surface area contributed by atoms with Gasteiger partial charge in [0.2, 0.25) is 11.8 Å². The summed E-state index contributed by atoms with van der Waals surface area (Å²) in [5, 5.41) is 1.07. The Morgan fingerprint density at radius 1 is 1.15 bits per heavy atom. The van der Waals surface area contributed by atoms with Gasteiger partial charge in [0.1, 0.15) is 10.8 Å². The molecule has 3 saturated heterocycles. The number of imide groups is 1. The third-order valence-corrected chi connectivity index (χ3v) is 9.30. The molecule has 2 unspecified atom stereocenters. The van der Waals surface area contributed by atoms with Gasteiger partial charge in [-0.25, -0.2) is 14.9 Å². The van der Waals surface area contributed by atoms with Gasteiger partial charge in [-0.15, -0.1) is 0 Å². The van der Waals surface area contributed by atoms with E-state index in [4.69, 9.17) is 22.1 Å². The highest BCUT2D eigenvalue weighted by molar-refractivity contribution is 7.99. The van der Waals surface area contributed by atoms with Crippen LogP contribution in [0.2, 0.25) is 5.02 Å². The molecule has 4 heterocycles. The number of hydrogen-bond acceptors (Lipinski definition) is 8. The van der Waals surface area contributed by atoms with Crippen LogP contribution in [0.4, 0.5) is 11.5 Å². The van der Waals surface area contributed by atoms with Crippen molar-refractivity contribution in [3.8, 4) is 0 Å². The van der Waals surface area contributed by atoms with E-state index in [0.717, 1.165) is 43.3 Å². The maximum atomic E-state index is 12.5. The van der Waals surface area contributed by atoms with E-state index in [2.05, 4.69) is 21.8 Å². The van der Waals surface area contributed by atoms with E-state index in [-0.39, 0.29) is 41.2 Å². The van der Waals surface area contributed by atoms with Crippen LogP contribution in [0, 0.1) is 17.3 Å². The van der Waals surface area contributed by atoms with E-state index in [1.807, 2.05) is 6.07 Å². The Morgan fingerprint density at radius 3 is 2.50 bits per heavy atom. The number of ether oxygens (including phenoxy) is 1. The normalized spacial score (nSPS) is 29.7. The number of anilines is 2. The number of halogens is 1. The number of fused-ring (bicyclic) bond motifs is 1. The summed E-state index contributed by atoms with van der Waals surface area (Å²) in [5.41, 5.74) is 6.94. The third kappa shape index (κ3) is 3.52. The summed E-state index contributed by atoms with van der Waals surface area (Å²) in [6.07, 6.45) is 6.26. The standard InChI is InChI=1S/C24H26ClN5O3S/c1-13-21(26)24(12-33-13)5-7-29(8-6-24)18-10-28-19(11-27-18)34-17-4-2-3-16(20(17)25)30-22(31)14-9-15(14)23(30)32/h2-4,10-11,13-15,21H,5-9,12,26H2,1H3/t13-,14?,15?,21+/m0/s1. The van der Waals surface area contributed by atoms with Gasteiger partial charge in [0.25, 0.3) is 0 Å². The highest BCUT2D eigenvalue weighted by atomic mass is 35.5. The molecule has 0 radical (unpaired) electrons. The van der Waals surface area contributed by atoms with Gasteiger partial charge in [-0.1, -0.05) is 29.4 Å². The quantitative estimate of drug-likeness (QED) is 0.640. The van der Waals surface area contributed by atoms with E-state index in [1.165, 1.54) is 16.7 Å². The smallest absolute Gasteiger partial charge is 0.237 e. The third-order valence-electron chi connectivity index (χ3n) is 7.81. The van der Waals surface area contributed by atoms with Gasteiger partial charge in [-0.3, -0.25) is 9.59 Å². The molecule has 1 aliphatic carbocycles. The number of nitrogens with zero attached hydrogens (tertiary/aromatic N) is 4. The van der Waals surface area contributed by atoms with E-state index in [9.17, 15) is 9.59 Å². The second-order valence-electron chi connectivity index (χ2n) is 9.76. The molecule has 1 aromatic carbocycles. The summed E-state index contributed by atoms with van der Waals surface area (Å²) in [6, 6.07) is 5.46. The Kier molecular flexibility index (Phi) is 5.36. The van der Waals surface area contributed by atoms with Crippen molar-refractivity contribution < 1.29 is 14.3 Å². The molecule has 1 aromatic heterocycles. The minimum absolute atomic E-state index is 0.0690. The highest BCUT2D eigenvalue weighted by Gasteiger charge is 2.59. The zero-order chi connectivity index (χ0) is 23.6. The molecular weight excluding hydrogens is 474 g/mol. The average Bonchev–Trinajstić information content (AvgIpc) is 3.56. The maximum absolute atomic E-state index is 12.5. The predicted molar refractivity (Wildman–Crippen MR) is 129 cm³/mol. The number of piperidine rings is 2. The number of nitrogens with two attached hydrogens (primary N) is 1. The van der Waals surface area contributed by atoms with E-state index >= 15 is 0 Å². The van der Waals surface area contributed by atoms with Crippen LogP contribution < -0.4 is 15.5 Å². The van der Waals surface area contributed by atoms with Gasteiger partial charge in [0.05, 0.1) is 47.7 Å². The number of rotatable bonds is 4. The fourth-order valence-corrected chi connectivity index (χ4v) is 6.56. The van der Waals surface area contributed by atoms with Crippen LogP contribution in [0.1, 0.15) is 26.2 Å². The van der Waals surface area contributed by atoms with Crippen molar-refractivity contribution in [2.24, 2.45) is 23.0 Å². The Bertz CT molecular complexity index is 1130. The molecule has 2 aromatic rings. The summed E-state index contributed by atoms with van der Waals surface area (Å²) in [7, 11) is 0. The molecule has 8 nitrogen and oxygen atoms in total. The van der Waals surface area contributed by atoms with Crippen LogP contribution >= 0.6 is 23.4 Å². The van der Waals surface area contributed by atoms with Gasteiger partial charge in [-0.05, 0) is 38.3 Å². The fraction of sp³-hybridized carbons (Fsp3) is 0.500. The van der Waals surface area contributed by atoms with Crippen molar-refractivity contribution >= 4 is 46.7 Å².